The SMILES string of the molecule is Nc1ncc(Br)c[nH+]1.[Cl-]. The summed E-state index contributed by atoms with van der Waals surface area (Å²) < 4.78 is 0.895. The topological polar surface area (TPSA) is 53.0 Å². The molecule has 3 nitrogen and oxygen atoms in total. The van der Waals surface area contributed by atoms with Gasteiger partial charge in [0.1, 0.15) is 6.20 Å². The number of aromatic nitrogens is 2. The van der Waals surface area contributed by atoms with Gasteiger partial charge in [0.15, 0.2) is 0 Å². The van der Waals surface area contributed by atoms with Gasteiger partial charge < -0.3 is 12.4 Å². The minimum atomic E-state index is 0. The van der Waals surface area contributed by atoms with Crippen molar-refractivity contribution in [2.24, 2.45) is 0 Å². The van der Waals surface area contributed by atoms with Crippen LogP contribution in [0, 0.1) is 0 Å². The second-order valence-electron chi connectivity index (χ2n) is 1.32. The van der Waals surface area contributed by atoms with E-state index in [0.29, 0.717) is 5.95 Å². The van der Waals surface area contributed by atoms with Crippen LogP contribution in [0.2, 0.25) is 0 Å². The highest BCUT2D eigenvalue weighted by molar-refractivity contribution is 9.10. The van der Waals surface area contributed by atoms with Crippen LogP contribution in [0.4, 0.5) is 5.95 Å². The van der Waals surface area contributed by atoms with Gasteiger partial charge in [-0.1, -0.05) is 4.98 Å². The maximum Gasteiger partial charge on any atom is 0.386 e. The van der Waals surface area contributed by atoms with Crippen LogP contribution >= 0.6 is 15.9 Å². The van der Waals surface area contributed by atoms with Crippen molar-refractivity contribution < 1.29 is 17.4 Å². The van der Waals surface area contributed by atoms with Crippen molar-refractivity contribution in [2.75, 3.05) is 5.73 Å². The molecule has 1 aromatic heterocycles. The first-order valence-corrected chi connectivity index (χ1v) is 2.87. The molecule has 0 bridgehead atoms. The maximum atomic E-state index is 5.24. The van der Waals surface area contributed by atoms with Crippen LogP contribution in [0.1, 0.15) is 0 Å². The molecule has 0 aliphatic rings. The molecule has 9 heavy (non-hydrogen) atoms. The Labute approximate surface area is 67.2 Å². The minimum Gasteiger partial charge on any atom is -1.00 e. The predicted octanol–water partition coefficient (Wildman–Crippen LogP) is -2.76. The highest BCUT2D eigenvalue weighted by atomic mass is 79.9. The van der Waals surface area contributed by atoms with Gasteiger partial charge in [-0.25, -0.2) is 4.98 Å². The summed E-state index contributed by atoms with van der Waals surface area (Å²) in [7, 11) is 0. The first-order chi connectivity index (χ1) is 3.79. The van der Waals surface area contributed by atoms with Gasteiger partial charge >= 0.3 is 5.95 Å². The summed E-state index contributed by atoms with van der Waals surface area (Å²) in [5.41, 5.74) is 5.24. The van der Waals surface area contributed by atoms with Crippen LogP contribution < -0.4 is 23.1 Å². The molecule has 50 valence electrons. The van der Waals surface area contributed by atoms with Gasteiger partial charge in [0.2, 0.25) is 0 Å². The van der Waals surface area contributed by atoms with Crippen LogP contribution in [-0.2, 0) is 0 Å². The van der Waals surface area contributed by atoms with Crippen molar-refractivity contribution in [1.29, 1.82) is 0 Å². The van der Waals surface area contributed by atoms with Crippen LogP contribution in [0.5, 0.6) is 0 Å². The summed E-state index contributed by atoms with van der Waals surface area (Å²) in [5.74, 6) is 0.424. The molecular formula is C4H5BrClN3. The van der Waals surface area contributed by atoms with Crippen molar-refractivity contribution in [1.82, 2.24) is 4.98 Å². The lowest BCUT2D eigenvalue weighted by molar-refractivity contribution is -0.365. The largest absolute Gasteiger partial charge is 1.00 e. The molecule has 1 rings (SSSR count). The number of rotatable bonds is 0. The Morgan fingerprint density at radius 3 is 2.67 bits per heavy atom. The van der Waals surface area contributed by atoms with Gasteiger partial charge in [0.25, 0.3) is 0 Å². The third-order valence-electron chi connectivity index (χ3n) is 0.685. The van der Waals surface area contributed by atoms with Gasteiger partial charge in [0, 0.05) is 0 Å². The fourth-order valence-electron chi connectivity index (χ4n) is 0.349. The number of nitrogens with one attached hydrogen (secondary N) is 1. The molecule has 1 aromatic rings. The Kier molecular flexibility index (Phi) is 3.49. The molecule has 0 spiro atoms. The van der Waals surface area contributed by atoms with Crippen molar-refractivity contribution in [3.8, 4) is 0 Å². The number of hydrogen-bond acceptors (Lipinski definition) is 2. The lowest BCUT2D eigenvalue weighted by Crippen LogP contribution is -3.00. The van der Waals surface area contributed by atoms with Crippen LogP contribution in [0.15, 0.2) is 16.9 Å². The average Bonchev–Trinajstić information content (AvgIpc) is 1.77. The van der Waals surface area contributed by atoms with Crippen molar-refractivity contribution >= 4 is 21.9 Å². The number of nitrogen functional groups attached to an aromatic ring is 1. The highest BCUT2D eigenvalue weighted by Gasteiger charge is 1.92. The molecular weight excluding hydrogens is 205 g/mol. The summed E-state index contributed by atoms with van der Waals surface area (Å²) in [6.07, 6.45) is 3.36. The van der Waals surface area contributed by atoms with Crippen molar-refractivity contribution in [3.63, 3.8) is 0 Å². The van der Waals surface area contributed by atoms with Crippen LogP contribution in [-0.4, -0.2) is 4.98 Å². The van der Waals surface area contributed by atoms with Gasteiger partial charge in [-0.15, -0.1) is 0 Å². The summed E-state index contributed by atoms with van der Waals surface area (Å²) in [4.78, 5) is 6.47. The lowest BCUT2D eigenvalue weighted by Gasteiger charge is -1.80. The molecule has 1 heterocycles. The zero-order chi connectivity index (χ0) is 5.98. The maximum absolute atomic E-state index is 5.24. The number of anilines is 1. The highest BCUT2D eigenvalue weighted by Crippen LogP contribution is 2.01. The normalized spacial score (nSPS) is 8.11. The zero-order valence-corrected chi connectivity index (χ0v) is 6.78. The molecule has 0 fully saturated rings. The molecule has 0 radical (unpaired) electrons. The van der Waals surface area contributed by atoms with Crippen molar-refractivity contribution in [3.05, 3.63) is 16.9 Å². The molecule has 0 unspecified atom stereocenters. The minimum absolute atomic E-state index is 0. The van der Waals surface area contributed by atoms with Gasteiger partial charge in [-0.3, -0.25) is 5.73 Å². The zero-order valence-electron chi connectivity index (χ0n) is 4.44. The Hall–Kier alpha value is -0.350. The summed E-state index contributed by atoms with van der Waals surface area (Å²) in [6.45, 7) is 0. The molecule has 0 saturated heterocycles. The fraction of sp³-hybridized carbons (Fsp3) is 0. The van der Waals surface area contributed by atoms with Gasteiger partial charge in [0.05, 0.1) is 10.7 Å². The van der Waals surface area contributed by atoms with E-state index in [9.17, 15) is 0 Å². The van der Waals surface area contributed by atoms with E-state index in [1.54, 1.807) is 12.4 Å². The number of aromatic amines is 1. The predicted molar refractivity (Wildman–Crippen MR) is 32.9 cm³/mol. The number of hydrogen-bond donors (Lipinski definition) is 1. The molecule has 0 aliphatic heterocycles. The Morgan fingerprint density at radius 2 is 2.33 bits per heavy atom. The van der Waals surface area contributed by atoms with E-state index in [0.717, 1.165) is 4.47 Å². The Balaban J connectivity index is 0.000000640. The molecule has 0 amide bonds. The standard InChI is InChI=1S/C4H4BrN3.ClH/c5-3-1-7-4(6)8-2-3;/h1-2H,(H2,6,7,8);1H. The first-order valence-electron chi connectivity index (χ1n) is 2.08. The summed E-state index contributed by atoms with van der Waals surface area (Å²) >= 11 is 3.20. The Morgan fingerprint density at radius 1 is 1.67 bits per heavy atom. The molecule has 0 saturated carbocycles. The molecule has 0 aliphatic carbocycles. The molecule has 5 heteroatoms. The first kappa shape index (κ1) is 8.65. The van der Waals surface area contributed by atoms with Gasteiger partial charge in [-0.05, 0) is 15.9 Å². The summed E-state index contributed by atoms with van der Waals surface area (Å²) in [6, 6.07) is 0. The third kappa shape index (κ3) is 2.62. The second kappa shape index (κ2) is 3.63. The van der Waals surface area contributed by atoms with Crippen LogP contribution in [0.25, 0.3) is 0 Å². The quantitative estimate of drug-likeness (QED) is 0.505. The fourth-order valence-corrected chi connectivity index (χ4v) is 0.565. The van der Waals surface area contributed by atoms with E-state index in [2.05, 4.69) is 25.9 Å². The number of nitrogens with zero attached hydrogens (tertiary/aromatic N) is 1. The number of halogens is 2. The molecule has 0 aromatic carbocycles. The van der Waals surface area contributed by atoms with E-state index in [-0.39, 0.29) is 12.4 Å². The van der Waals surface area contributed by atoms with E-state index in [4.69, 9.17) is 5.73 Å². The molecule has 3 N–H and O–H groups in total. The lowest BCUT2D eigenvalue weighted by atomic mass is 10.7. The number of nitrogens with two attached hydrogens (primary N) is 1. The summed E-state index contributed by atoms with van der Waals surface area (Å²) in [5, 5.41) is 0. The third-order valence-corrected chi connectivity index (χ3v) is 1.12. The van der Waals surface area contributed by atoms with Crippen LogP contribution in [0.3, 0.4) is 0 Å². The second-order valence-corrected chi connectivity index (χ2v) is 2.23. The van der Waals surface area contributed by atoms with E-state index >= 15 is 0 Å². The smallest absolute Gasteiger partial charge is 0.386 e. The van der Waals surface area contributed by atoms with E-state index in [1.807, 2.05) is 0 Å². The number of H-pyrrole nitrogens is 1. The van der Waals surface area contributed by atoms with Crippen molar-refractivity contribution in [2.45, 2.75) is 0 Å². The molecule has 0 atom stereocenters. The monoisotopic (exact) mass is 209 g/mol. The van der Waals surface area contributed by atoms with Gasteiger partial charge in [-0.2, -0.15) is 0 Å². The van der Waals surface area contributed by atoms with E-state index in [1.165, 1.54) is 0 Å². The Bertz CT molecular complexity index is 155. The average molecular weight is 210 g/mol. The van der Waals surface area contributed by atoms with E-state index < -0.39 is 0 Å².